The maximum absolute atomic E-state index is 11.6. The van der Waals surface area contributed by atoms with Crippen molar-refractivity contribution in [2.75, 3.05) is 6.54 Å². The molecule has 0 aliphatic rings. The average molecular weight is 284 g/mol. The van der Waals surface area contributed by atoms with Crippen LogP contribution in [0.15, 0.2) is 16.8 Å². The van der Waals surface area contributed by atoms with Crippen LogP contribution in [0, 0.1) is 5.92 Å². The van der Waals surface area contributed by atoms with Crippen molar-refractivity contribution in [1.82, 2.24) is 10.6 Å². The van der Waals surface area contributed by atoms with E-state index in [0.29, 0.717) is 13.0 Å². The van der Waals surface area contributed by atoms with Crippen molar-refractivity contribution in [3.8, 4) is 0 Å². The first-order chi connectivity index (χ1) is 9.04. The molecule has 2 unspecified atom stereocenters. The predicted molar refractivity (Wildman–Crippen MR) is 75.4 cm³/mol. The molecule has 5 nitrogen and oxygen atoms in total. The molecule has 6 heteroatoms. The van der Waals surface area contributed by atoms with Crippen molar-refractivity contribution in [2.24, 2.45) is 5.92 Å². The van der Waals surface area contributed by atoms with E-state index in [1.54, 1.807) is 11.3 Å². The van der Waals surface area contributed by atoms with Crippen LogP contribution < -0.4 is 10.6 Å². The minimum atomic E-state index is -0.998. The molecular weight excluding hydrogens is 264 g/mol. The Morgan fingerprint density at radius 3 is 2.74 bits per heavy atom. The molecule has 0 spiro atoms. The third-order valence-corrected chi connectivity index (χ3v) is 3.78. The summed E-state index contributed by atoms with van der Waals surface area (Å²) < 4.78 is 0. The lowest BCUT2D eigenvalue weighted by Gasteiger charge is -2.20. The Hall–Kier alpha value is -1.56. The minimum absolute atomic E-state index is 0.0971. The summed E-state index contributed by atoms with van der Waals surface area (Å²) in [6, 6.07) is 0.734. The zero-order chi connectivity index (χ0) is 14.3. The van der Waals surface area contributed by atoms with E-state index in [0.717, 1.165) is 6.42 Å². The van der Waals surface area contributed by atoms with E-state index in [1.165, 1.54) is 5.56 Å². The predicted octanol–water partition coefficient (Wildman–Crippen LogP) is 2.09. The molecule has 0 bridgehead atoms. The van der Waals surface area contributed by atoms with Gasteiger partial charge in [-0.25, -0.2) is 9.59 Å². The number of urea groups is 1. The second-order valence-corrected chi connectivity index (χ2v) is 5.26. The van der Waals surface area contributed by atoms with Gasteiger partial charge in [-0.05, 0) is 34.7 Å². The highest BCUT2D eigenvalue weighted by molar-refractivity contribution is 7.07. The van der Waals surface area contributed by atoms with E-state index in [9.17, 15) is 9.59 Å². The fourth-order valence-electron chi connectivity index (χ4n) is 1.63. The molecule has 1 rings (SSSR count). The lowest BCUT2D eigenvalue weighted by atomic mass is 9.99. The van der Waals surface area contributed by atoms with Crippen molar-refractivity contribution in [3.63, 3.8) is 0 Å². The fourth-order valence-corrected chi connectivity index (χ4v) is 2.33. The van der Waals surface area contributed by atoms with Gasteiger partial charge in [0.2, 0.25) is 0 Å². The molecule has 0 aromatic carbocycles. The number of carbonyl (C=O) groups is 2. The van der Waals surface area contributed by atoms with Gasteiger partial charge < -0.3 is 15.7 Å². The van der Waals surface area contributed by atoms with Crippen molar-refractivity contribution < 1.29 is 14.7 Å². The van der Waals surface area contributed by atoms with Crippen LogP contribution in [0.5, 0.6) is 0 Å². The van der Waals surface area contributed by atoms with Crippen LogP contribution in [0.2, 0.25) is 0 Å². The molecule has 0 aliphatic heterocycles. The van der Waals surface area contributed by atoms with Crippen LogP contribution >= 0.6 is 11.3 Å². The zero-order valence-corrected chi connectivity index (χ0v) is 12.0. The molecule has 0 saturated heterocycles. The lowest BCUT2D eigenvalue weighted by molar-refractivity contribution is -0.140. The summed E-state index contributed by atoms with van der Waals surface area (Å²) in [6.45, 7) is 4.20. The monoisotopic (exact) mass is 284 g/mol. The Morgan fingerprint density at radius 1 is 1.47 bits per heavy atom. The van der Waals surface area contributed by atoms with E-state index in [2.05, 4.69) is 10.6 Å². The maximum Gasteiger partial charge on any atom is 0.326 e. The summed E-state index contributed by atoms with van der Waals surface area (Å²) in [5, 5.41) is 18.2. The Kier molecular flexibility index (Phi) is 6.35. The first kappa shape index (κ1) is 15.5. The summed E-state index contributed by atoms with van der Waals surface area (Å²) in [4.78, 5) is 22.7. The van der Waals surface area contributed by atoms with Crippen molar-refractivity contribution in [1.29, 1.82) is 0 Å². The van der Waals surface area contributed by atoms with E-state index in [4.69, 9.17) is 5.11 Å². The number of rotatable bonds is 7. The molecule has 3 N–H and O–H groups in total. The first-order valence-corrected chi connectivity index (χ1v) is 7.27. The second kappa shape index (κ2) is 7.78. The number of amides is 2. The van der Waals surface area contributed by atoms with E-state index in [-0.39, 0.29) is 5.92 Å². The van der Waals surface area contributed by atoms with Gasteiger partial charge in [0.25, 0.3) is 0 Å². The Balaban J connectivity index is 2.34. The molecule has 0 aliphatic carbocycles. The summed E-state index contributed by atoms with van der Waals surface area (Å²) in [6.07, 6.45) is 1.45. The van der Waals surface area contributed by atoms with Crippen LogP contribution in [-0.4, -0.2) is 29.7 Å². The molecular formula is C13H20N2O3S. The molecule has 1 aromatic rings. The molecule has 2 amide bonds. The quantitative estimate of drug-likeness (QED) is 0.717. The molecule has 0 radical (unpaired) electrons. The summed E-state index contributed by atoms with van der Waals surface area (Å²) in [7, 11) is 0. The highest BCUT2D eigenvalue weighted by Crippen LogP contribution is 2.08. The first-order valence-electron chi connectivity index (χ1n) is 6.32. The molecule has 1 aromatic heterocycles. The number of carbonyl (C=O) groups excluding carboxylic acids is 1. The van der Waals surface area contributed by atoms with Gasteiger partial charge in [-0.2, -0.15) is 11.3 Å². The van der Waals surface area contributed by atoms with Crippen LogP contribution in [-0.2, 0) is 11.2 Å². The van der Waals surface area contributed by atoms with Crippen molar-refractivity contribution in [3.05, 3.63) is 22.4 Å². The van der Waals surface area contributed by atoms with Crippen LogP contribution in [0.3, 0.4) is 0 Å². The number of carboxylic acids is 1. The topological polar surface area (TPSA) is 78.4 Å². The molecule has 0 fully saturated rings. The highest BCUT2D eigenvalue weighted by atomic mass is 32.1. The molecule has 19 heavy (non-hydrogen) atoms. The zero-order valence-electron chi connectivity index (χ0n) is 11.2. The van der Waals surface area contributed by atoms with Gasteiger partial charge in [-0.3, -0.25) is 0 Å². The summed E-state index contributed by atoms with van der Waals surface area (Å²) >= 11 is 1.61. The van der Waals surface area contributed by atoms with Gasteiger partial charge in [0.1, 0.15) is 6.04 Å². The smallest absolute Gasteiger partial charge is 0.326 e. The fraction of sp³-hybridized carbons (Fsp3) is 0.538. The molecule has 0 saturated carbocycles. The van der Waals surface area contributed by atoms with Crippen molar-refractivity contribution >= 4 is 23.3 Å². The Morgan fingerprint density at radius 2 is 2.21 bits per heavy atom. The number of thiophene rings is 1. The van der Waals surface area contributed by atoms with Crippen LogP contribution in [0.25, 0.3) is 0 Å². The van der Waals surface area contributed by atoms with Gasteiger partial charge in [0, 0.05) is 6.54 Å². The Labute approximate surface area is 117 Å². The maximum atomic E-state index is 11.6. The van der Waals surface area contributed by atoms with Crippen molar-refractivity contribution in [2.45, 2.75) is 32.7 Å². The SMILES string of the molecule is CCC(C)C(NC(=O)NCCc1ccsc1)C(=O)O. The Bertz CT molecular complexity index is 406. The highest BCUT2D eigenvalue weighted by Gasteiger charge is 2.24. The summed E-state index contributed by atoms with van der Waals surface area (Å²) in [5.74, 6) is -1.09. The van der Waals surface area contributed by atoms with Crippen LogP contribution in [0.1, 0.15) is 25.8 Å². The second-order valence-electron chi connectivity index (χ2n) is 4.48. The van der Waals surface area contributed by atoms with Gasteiger partial charge in [0.15, 0.2) is 0 Å². The molecule has 2 atom stereocenters. The minimum Gasteiger partial charge on any atom is -0.480 e. The van der Waals surface area contributed by atoms with E-state index >= 15 is 0 Å². The summed E-state index contributed by atoms with van der Waals surface area (Å²) in [5.41, 5.74) is 1.17. The van der Waals surface area contributed by atoms with Gasteiger partial charge in [-0.15, -0.1) is 0 Å². The largest absolute Gasteiger partial charge is 0.480 e. The average Bonchev–Trinajstić information content (AvgIpc) is 2.87. The number of carboxylic acid groups (broad SMARTS) is 1. The van der Waals surface area contributed by atoms with Gasteiger partial charge in [0.05, 0.1) is 0 Å². The van der Waals surface area contributed by atoms with E-state index in [1.807, 2.05) is 30.7 Å². The lowest BCUT2D eigenvalue weighted by Crippen LogP contribution is -2.49. The third-order valence-electron chi connectivity index (χ3n) is 3.04. The van der Waals surface area contributed by atoms with Gasteiger partial charge in [-0.1, -0.05) is 20.3 Å². The third kappa shape index (κ3) is 5.30. The number of hydrogen-bond donors (Lipinski definition) is 3. The number of nitrogens with one attached hydrogen (secondary N) is 2. The van der Waals surface area contributed by atoms with Crippen LogP contribution in [0.4, 0.5) is 4.79 Å². The normalized spacial score (nSPS) is 13.6. The van der Waals surface area contributed by atoms with Gasteiger partial charge >= 0.3 is 12.0 Å². The standard InChI is InChI=1S/C13H20N2O3S/c1-3-9(2)11(12(16)17)15-13(18)14-6-4-10-5-7-19-8-10/h5,7-9,11H,3-4,6H2,1-2H3,(H,16,17)(H2,14,15,18). The van der Waals surface area contributed by atoms with E-state index < -0.39 is 18.0 Å². The molecule has 1 heterocycles. The number of aliphatic carboxylic acids is 1. The number of hydrogen-bond acceptors (Lipinski definition) is 3. The molecule has 106 valence electrons.